The number of carbonyl (C=O) groups is 1. The van der Waals surface area contributed by atoms with Gasteiger partial charge in [-0.1, -0.05) is 359 Å². The maximum Gasteiger partial charge on any atom is 0.220 e. The van der Waals surface area contributed by atoms with E-state index >= 15 is 0 Å². The van der Waals surface area contributed by atoms with Gasteiger partial charge in [-0.05, 0) is 32.1 Å². The molecule has 1 aliphatic heterocycles. The van der Waals surface area contributed by atoms with Crippen molar-refractivity contribution in [2.45, 2.75) is 416 Å². The standard InChI is InChI=1S/C72H139NO8/c1-3-5-7-9-11-13-15-17-19-21-23-25-27-29-30-31-32-33-34-35-36-38-39-41-43-45-47-49-51-53-55-57-59-61-66(75)65(64-80-72-71(79)70(78)69(77)67(63-74)81-72)73-68(76)62-60-58-56-54-52-50-48-46-44-42-40-37-28-26-24-22-20-18-16-14-12-10-8-6-4-2/h51,53,59,61,65-67,69-72,74-75,77-79H,3-50,52,54-58,60,62-64H2,1-2H3,(H,73,76)/b53-51+,61-59+. The molecule has 1 rings (SSSR count). The molecule has 0 aromatic rings. The van der Waals surface area contributed by atoms with Crippen LogP contribution in [0.25, 0.3) is 0 Å². The summed E-state index contributed by atoms with van der Waals surface area (Å²) in [5, 5.41) is 54.8. The minimum absolute atomic E-state index is 0.178. The van der Waals surface area contributed by atoms with Crippen molar-refractivity contribution in [3.63, 3.8) is 0 Å². The molecular weight excluding hydrogens is 1010 g/mol. The van der Waals surface area contributed by atoms with Crippen LogP contribution in [0.1, 0.15) is 373 Å². The van der Waals surface area contributed by atoms with Crippen LogP contribution in [0.4, 0.5) is 0 Å². The summed E-state index contributed by atoms with van der Waals surface area (Å²) < 4.78 is 11.3. The Hall–Kier alpha value is -1.33. The fraction of sp³-hybridized carbons (Fsp3) is 0.931. The maximum atomic E-state index is 13.1. The molecule has 0 saturated carbocycles. The zero-order chi connectivity index (χ0) is 58.6. The number of hydrogen-bond donors (Lipinski definition) is 6. The Kier molecular flexibility index (Phi) is 59.2. The molecule has 1 fully saturated rings. The Morgan fingerprint density at radius 3 is 1.04 bits per heavy atom. The van der Waals surface area contributed by atoms with Gasteiger partial charge in [0.2, 0.25) is 5.91 Å². The van der Waals surface area contributed by atoms with Crippen LogP contribution < -0.4 is 5.32 Å². The zero-order valence-electron chi connectivity index (χ0n) is 53.8. The maximum absolute atomic E-state index is 13.1. The highest BCUT2D eigenvalue weighted by atomic mass is 16.7. The molecule has 0 spiro atoms. The lowest BCUT2D eigenvalue weighted by atomic mass is 9.99. The van der Waals surface area contributed by atoms with Crippen LogP contribution in [0.3, 0.4) is 0 Å². The summed E-state index contributed by atoms with van der Waals surface area (Å²) in [6.45, 7) is 3.83. The van der Waals surface area contributed by atoms with Gasteiger partial charge < -0.3 is 40.3 Å². The molecule has 0 radical (unpaired) electrons. The number of aliphatic hydroxyl groups is 5. The third-order valence-corrected chi connectivity index (χ3v) is 17.5. The Balaban J connectivity index is 2.12. The average molecular weight is 1150 g/mol. The van der Waals surface area contributed by atoms with E-state index in [1.807, 2.05) is 6.08 Å². The Bertz CT molecular complexity index is 1330. The normalized spacial score (nSPS) is 18.4. The summed E-state index contributed by atoms with van der Waals surface area (Å²) in [7, 11) is 0. The first kappa shape index (κ1) is 77.7. The van der Waals surface area contributed by atoms with E-state index in [4.69, 9.17) is 9.47 Å². The summed E-state index contributed by atoms with van der Waals surface area (Å²) in [4.78, 5) is 13.1. The number of carbonyl (C=O) groups excluding carboxylic acids is 1. The molecule has 9 nitrogen and oxygen atoms in total. The molecule has 0 bridgehead atoms. The third kappa shape index (κ3) is 50.5. The molecule has 0 aromatic heterocycles. The Morgan fingerprint density at radius 2 is 0.704 bits per heavy atom. The van der Waals surface area contributed by atoms with Gasteiger partial charge in [-0.15, -0.1) is 0 Å². The van der Waals surface area contributed by atoms with Crippen LogP contribution in [-0.2, 0) is 14.3 Å². The van der Waals surface area contributed by atoms with Gasteiger partial charge in [-0.3, -0.25) is 4.79 Å². The van der Waals surface area contributed by atoms with Crippen molar-refractivity contribution in [2.24, 2.45) is 0 Å². The molecule has 0 aliphatic carbocycles. The number of allylic oxidation sites excluding steroid dienone is 3. The van der Waals surface area contributed by atoms with E-state index in [-0.39, 0.29) is 12.5 Å². The van der Waals surface area contributed by atoms with Crippen LogP contribution >= 0.6 is 0 Å². The second-order valence-corrected chi connectivity index (χ2v) is 25.4. The van der Waals surface area contributed by atoms with E-state index in [0.29, 0.717) is 6.42 Å². The van der Waals surface area contributed by atoms with E-state index in [2.05, 4.69) is 31.3 Å². The topological polar surface area (TPSA) is 149 Å². The van der Waals surface area contributed by atoms with Crippen LogP contribution in [0.2, 0.25) is 0 Å². The van der Waals surface area contributed by atoms with Gasteiger partial charge in [-0.2, -0.15) is 0 Å². The van der Waals surface area contributed by atoms with Gasteiger partial charge in [0.05, 0.1) is 25.4 Å². The first-order valence-corrected chi connectivity index (χ1v) is 36.1. The van der Waals surface area contributed by atoms with Crippen LogP contribution in [0.15, 0.2) is 24.3 Å². The molecular formula is C72H139NO8. The lowest BCUT2D eigenvalue weighted by molar-refractivity contribution is -0.302. The molecule has 7 unspecified atom stereocenters. The lowest BCUT2D eigenvalue weighted by Gasteiger charge is -2.40. The van der Waals surface area contributed by atoms with E-state index in [9.17, 15) is 30.3 Å². The fourth-order valence-electron chi connectivity index (χ4n) is 11.9. The Labute approximate surface area is 502 Å². The molecule has 480 valence electrons. The van der Waals surface area contributed by atoms with Crippen molar-refractivity contribution in [2.75, 3.05) is 13.2 Å². The van der Waals surface area contributed by atoms with Crippen molar-refractivity contribution in [3.8, 4) is 0 Å². The highest BCUT2D eigenvalue weighted by Crippen LogP contribution is 2.24. The smallest absolute Gasteiger partial charge is 0.220 e. The molecule has 6 N–H and O–H groups in total. The highest BCUT2D eigenvalue weighted by Gasteiger charge is 2.44. The SMILES string of the molecule is CCCCCCCCCCCCCCCCCCCCCCCCCCCCC/C=C/CC/C=C/C(O)C(COC1OC(CO)C(O)C(O)C1O)NC(=O)CCCCCCCCCCCCCCCCCCCCCCCCCCC. The summed E-state index contributed by atoms with van der Waals surface area (Å²) in [5.74, 6) is -0.178. The Morgan fingerprint density at radius 1 is 0.407 bits per heavy atom. The summed E-state index contributed by atoms with van der Waals surface area (Å²) >= 11 is 0. The second kappa shape index (κ2) is 61.7. The molecule has 0 aromatic carbocycles. The molecule has 9 heteroatoms. The van der Waals surface area contributed by atoms with Crippen molar-refractivity contribution in [1.29, 1.82) is 0 Å². The van der Waals surface area contributed by atoms with Gasteiger partial charge in [-0.25, -0.2) is 0 Å². The monoisotopic (exact) mass is 1150 g/mol. The van der Waals surface area contributed by atoms with Gasteiger partial charge in [0.1, 0.15) is 24.4 Å². The number of nitrogens with one attached hydrogen (secondary N) is 1. The predicted octanol–water partition coefficient (Wildman–Crippen LogP) is 19.6. The summed E-state index contributed by atoms with van der Waals surface area (Å²) in [5.41, 5.74) is 0. The number of rotatable bonds is 64. The first-order chi connectivity index (χ1) is 39.8. The van der Waals surface area contributed by atoms with Crippen LogP contribution in [0.5, 0.6) is 0 Å². The van der Waals surface area contributed by atoms with E-state index in [1.165, 1.54) is 315 Å². The number of ether oxygens (including phenoxy) is 2. The number of unbranched alkanes of at least 4 members (excludes halogenated alkanes) is 52. The molecule has 1 saturated heterocycles. The molecule has 1 amide bonds. The van der Waals surface area contributed by atoms with Crippen molar-refractivity contribution in [1.82, 2.24) is 5.32 Å². The van der Waals surface area contributed by atoms with Crippen molar-refractivity contribution < 1.29 is 39.8 Å². The van der Waals surface area contributed by atoms with Gasteiger partial charge in [0, 0.05) is 6.42 Å². The van der Waals surface area contributed by atoms with Gasteiger partial charge in [0.25, 0.3) is 0 Å². The number of hydrogen-bond acceptors (Lipinski definition) is 8. The summed E-state index contributed by atoms with van der Waals surface area (Å²) in [6, 6.07) is -0.820. The van der Waals surface area contributed by atoms with Crippen molar-refractivity contribution in [3.05, 3.63) is 24.3 Å². The number of aliphatic hydroxyl groups excluding tert-OH is 5. The molecule has 1 heterocycles. The quantitative estimate of drug-likeness (QED) is 0.0261. The van der Waals surface area contributed by atoms with E-state index in [0.717, 1.165) is 38.5 Å². The minimum atomic E-state index is -1.57. The van der Waals surface area contributed by atoms with Crippen molar-refractivity contribution >= 4 is 5.91 Å². The highest BCUT2D eigenvalue weighted by molar-refractivity contribution is 5.76. The lowest BCUT2D eigenvalue weighted by Crippen LogP contribution is -2.60. The minimum Gasteiger partial charge on any atom is -0.394 e. The van der Waals surface area contributed by atoms with E-state index in [1.54, 1.807) is 6.08 Å². The van der Waals surface area contributed by atoms with Gasteiger partial charge >= 0.3 is 0 Å². The van der Waals surface area contributed by atoms with Crippen LogP contribution in [0, 0.1) is 0 Å². The molecule has 7 atom stereocenters. The largest absolute Gasteiger partial charge is 0.394 e. The second-order valence-electron chi connectivity index (χ2n) is 25.4. The average Bonchev–Trinajstić information content (AvgIpc) is 3.47. The zero-order valence-corrected chi connectivity index (χ0v) is 53.8. The van der Waals surface area contributed by atoms with Gasteiger partial charge in [0.15, 0.2) is 6.29 Å². The van der Waals surface area contributed by atoms with Crippen LogP contribution in [-0.4, -0.2) is 87.5 Å². The fourth-order valence-corrected chi connectivity index (χ4v) is 11.9. The third-order valence-electron chi connectivity index (χ3n) is 17.5. The summed E-state index contributed by atoms with van der Waals surface area (Å²) in [6.07, 6.45) is 74.5. The first-order valence-electron chi connectivity index (χ1n) is 36.1. The predicted molar refractivity (Wildman–Crippen MR) is 346 cm³/mol. The number of amides is 1. The van der Waals surface area contributed by atoms with E-state index < -0.39 is 49.5 Å². The molecule has 1 aliphatic rings. The molecule has 81 heavy (non-hydrogen) atoms.